The van der Waals surface area contributed by atoms with Crippen LogP contribution in [-0.2, 0) is 6.61 Å². The van der Waals surface area contributed by atoms with Gasteiger partial charge in [-0.3, -0.25) is 4.79 Å². The molecule has 3 aromatic carbocycles. The number of benzene rings is 3. The van der Waals surface area contributed by atoms with Crippen molar-refractivity contribution in [3.8, 4) is 11.5 Å². The molecule has 32 heavy (non-hydrogen) atoms. The molecular weight excluding hydrogens is 468 g/mol. The summed E-state index contributed by atoms with van der Waals surface area (Å²) in [7, 11) is 1.62. The van der Waals surface area contributed by atoms with Crippen molar-refractivity contribution in [2.45, 2.75) is 6.61 Å². The highest BCUT2D eigenvalue weighted by Crippen LogP contribution is 2.31. The molecule has 0 spiro atoms. The maximum absolute atomic E-state index is 12.8. The van der Waals surface area contributed by atoms with E-state index in [1.165, 1.54) is 0 Å². The maximum atomic E-state index is 12.8. The van der Waals surface area contributed by atoms with E-state index in [0.29, 0.717) is 17.9 Å². The first-order chi connectivity index (χ1) is 15.6. The summed E-state index contributed by atoms with van der Waals surface area (Å²) in [6, 6.07) is 24.8. The summed E-state index contributed by atoms with van der Waals surface area (Å²) in [5.41, 5.74) is 2.92. The lowest BCUT2D eigenvalue weighted by Gasteiger charge is -2.12. The number of rotatable bonds is 7. The minimum absolute atomic E-state index is 0.270. The Labute approximate surface area is 194 Å². The van der Waals surface area contributed by atoms with Crippen molar-refractivity contribution < 1.29 is 14.3 Å². The number of halogens is 1. The van der Waals surface area contributed by atoms with E-state index >= 15 is 0 Å². The van der Waals surface area contributed by atoms with E-state index in [2.05, 4.69) is 26.2 Å². The predicted octanol–water partition coefficient (Wildman–Crippen LogP) is 5.99. The molecule has 0 saturated heterocycles. The van der Waals surface area contributed by atoms with Gasteiger partial charge in [-0.15, -0.1) is 0 Å². The van der Waals surface area contributed by atoms with Crippen molar-refractivity contribution in [1.82, 2.24) is 10.3 Å². The molecule has 160 valence electrons. The Hall–Kier alpha value is -3.64. The second kappa shape index (κ2) is 10.1. The molecule has 0 aliphatic carbocycles. The molecule has 5 nitrogen and oxygen atoms in total. The van der Waals surface area contributed by atoms with Crippen LogP contribution in [0.15, 0.2) is 89.5 Å². The first kappa shape index (κ1) is 21.6. The summed E-state index contributed by atoms with van der Waals surface area (Å²) in [5.74, 6) is 1.06. The standard InChI is InChI=1S/C26H21BrN2O3/c1-31-20-12-10-18(11-13-20)14-15-28-26(30)23-16-24(32-17-19-6-3-2-4-7-19)21-8-5-9-22(27)25(21)29-23/h2-16H,17H2,1H3,(H,28,30)/b15-14+. The van der Waals surface area contributed by atoms with Gasteiger partial charge in [-0.1, -0.05) is 48.5 Å². The molecule has 0 bridgehead atoms. The van der Waals surface area contributed by atoms with Crippen LogP contribution in [0.25, 0.3) is 17.0 Å². The van der Waals surface area contributed by atoms with Crippen LogP contribution in [-0.4, -0.2) is 18.0 Å². The number of hydrogen-bond acceptors (Lipinski definition) is 4. The molecule has 1 N–H and O–H groups in total. The van der Waals surface area contributed by atoms with Crippen LogP contribution in [0.2, 0.25) is 0 Å². The molecule has 0 fully saturated rings. The van der Waals surface area contributed by atoms with Crippen molar-refractivity contribution in [3.05, 3.63) is 106 Å². The number of pyridine rings is 1. The summed E-state index contributed by atoms with van der Waals surface area (Å²) in [4.78, 5) is 17.4. The number of aromatic nitrogens is 1. The number of fused-ring (bicyclic) bond motifs is 1. The number of ether oxygens (including phenoxy) is 2. The summed E-state index contributed by atoms with van der Waals surface area (Å²) >= 11 is 3.53. The highest BCUT2D eigenvalue weighted by molar-refractivity contribution is 9.10. The normalized spacial score (nSPS) is 10.9. The SMILES string of the molecule is COc1ccc(/C=C/NC(=O)c2cc(OCc3ccccc3)c3cccc(Br)c3n2)cc1. The second-order valence-electron chi connectivity index (χ2n) is 7.00. The minimum atomic E-state index is -0.322. The monoisotopic (exact) mass is 488 g/mol. The highest BCUT2D eigenvalue weighted by atomic mass is 79.9. The Kier molecular flexibility index (Phi) is 6.82. The molecule has 4 rings (SSSR count). The summed E-state index contributed by atoms with van der Waals surface area (Å²) < 4.78 is 12.0. The van der Waals surface area contributed by atoms with E-state index in [1.54, 1.807) is 25.5 Å². The van der Waals surface area contributed by atoms with Crippen molar-refractivity contribution in [3.63, 3.8) is 0 Å². The molecule has 0 atom stereocenters. The fourth-order valence-corrected chi connectivity index (χ4v) is 3.61. The number of hydrogen-bond donors (Lipinski definition) is 1. The second-order valence-corrected chi connectivity index (χ2v) is 7.85. The number of amides is 1. The lowest BCUT2D eigenvalue weighted by molar-refractivity contribution is 0.0965. The summed E-state index contributed by atoms with van der Waals surface area (Å²) in [6.45, 7) is 0.394. The van der Waals surface area contributed by atoms with E-state index in [0.717, 1.165) is 26.7 Å². The molecule has 4 aromatic rings. The number of para-hydroxylation sites is 1. The summed E-state index contributed by atoms with van der Waals surface area (Å²) in [6.07, 6.45) is 3.40. The summed E-state index contributed by atoms with van der Waals surface area (Å²) in [5, 5.41) is 3.61. The van der Waals surface area contributed by atoms with Gasteiger partial charge in [-0.25, -0.2) is 4.98 Å². The van der Waals surface area contributed by atoms with Gasteiger partial charge in [-0.05, 0) is 57.4 Å². The molecule has 0 saturated carbocycles. The van der Waals surface area contributed by atoms with Gasteiger partial charge in [-0.2, -0.15) is 0 Å². The average molecular weight is 489 g/mol. The Balaban J connectivity index is 1.56. The van der Waals surface area contributed by atoms with Gasteiger partial charge in [0.15, 0.2) is 0 Å². The smallest absolute Gasteiger partial charge is 0.273 e. The van der Waals surface area contributed by atoms with Gasteiger partial charge < -0.3 is 14.8 Å². The molecular formula is C26H21BrN2O3. The van der Waals surface area contributed by atoms with Gasteiger partial charge >= 0.3 is 0 Å². The maximum Gasteiger partial charge on any atom is 0.273 e. The minimum Gasteiger partial charge on any atom is -0.497 e. The average Bonchev–Trinajstić information content (AvgIpc) is 2.84. The van der Waals surface area contributed by atoms with Crippen molar-refractivity contribution >= 4 is 38.8 Å². The fraction of sp³-hybridized carbons (Fsp3) is 0.0769. The Bertz CT molecular complexity index is 1260. The van der Waals surface area contributed by atoms with Gasteiger partial charge in [0.25, 0.3) is 5.91 Å². The van der Waals surface area contributed by atoms with Crippen LogP contribution in [0, 0.1) is 0 Å². The first-order valence-corrected chi connectivity index (χ1v) is 10.8. The van der Waals surface area contributed by atoms with Crippen LogP contribution >= 0.6 is 15.9 Å². The van der Waals surface area contributed by atoms with Gasteiger partial charge in [0.05, 0.1) is 12.6 Å². The molecule has 0 radical (unpaired) electrons. The Morgan fingerprint density at radius 2 is 1.81 bits per heavy atom. The molecule has 0 aliphatic rings. The van der Waals surface area contributed by atoms with E-state index in [-0.39, 0.29) is 11.6 Å². The lowest BCUT2D eigenvalue weighted by Crippen LogP contribution is -2.18. The van der Waals surface area contributed by atoms with E-state index < -0.39 is 0 Å². The van der Waals surface area contributed by atoms with Crippen molar-refractivity contribution in [2.24, 2.45) is 0 Å². The molecule has 6 heteroatoms. The highest BCUT2D eigenvalue weighted by Gasteiger charge is 2.14. The van der Waals surface area contributed by atoms with Crippen molar-refractivity contribution in [2.75, 3.05) is 7.11 Å². The molecule has 1 amide bonds. The third-order valence-electron chi connectivity index (χ3n) is 4.83. The quantitative estimate of drug-likeness (QED) is 0.347. The number of nitrogens with zero attached hydrogens (tertiary/aromatic N) is 1. The largest absolute Gasteiger partial charge is 0.497 e. The Morgan fingerprint density at radius 3 is 2.56 bits per heavy atom. The topological polar surface area (TPSA) is 60.5 Å². The third-order valence-corrected chi connectivity index (χ3v) is 5.47. The van der Waals surface area contributed by atoms with Gasteiger partial charge in [0.2, 0.25) is 0 Å². The molecule has 1 heterocycles. The van der Waals surface area contributed by atoms with Crippen LogP contribution in [0.1, 0.15) is 21.6 Å². The number of nitrogens with one attached hydrogen (secondary N) is 1. The fourth-order valence-electron chi connectivity index (χ4n) is 3.16. The van der Waals surface area contributed by atoms with E-state index in [9.17, 15) is 4.79 Å². The van der Waals surface area contributed by atoms with E-state index in [4.69, 9.17) is 9.47 Å². The van der Waals surface area contributed by atoms with E-state index in [1.807, 2.05) is 72.8 Å². The number of carbonyl (C=O) groups excluding carboxylic acids is 1. The Morgan fingerprint density at radius 1 is 1.03 bits per heavy atom. The predicted molar refractivity (Wildman–Crippen MR) is 130 cm³/mol. The zero-order chi connectivity index (χ0) is 22.3. The molecule has 0 aliphatic heterocycles. The van der Waals surface area contributed by atoms with Crippen LogP contribution < -0.4 is 14.8 Å². The van der Waals surface area contributed by atoms with Crippen LogP contribution in [0.3, 0.4) is 0 Å². The number of carbonyl (C=O) groups is 1. The first-order valence-electron chi connectivity index (χ1n) is 10.0. The van der Waals surface area contributed by atoms with Gasteiger partial charge in [0.1, 0.15) is 23.8 Å². The van der Waals surface area contributed by atoms with Crippen LogP contribution in [0.4, 0.5) is 0 Å². The van der Waals surface area contributed by atoms with Crippen LogP contribution in [0.5, 0.6) is 11.5 Å². The zero-order valence-electron chi connectivity index (χ0n) is 17.4. The zero-order valence-corrected chi connectivity index (χ0v) is 19.0. The molecule has 1 aromatic heterocycles. The number of methoxy groups -OCH3 is 1. The van der Waals surface area contributed by atoms with Crippen molar-refractivity contribution in [1.29, 1.82) is 0 Å². The third kappa shape index (κ3) is 5.15. The lowest BCUT2D eigenvalue weighted by atomic mass is 10.1. The molecule has 0 unspecified atom stereocenters. The van der Waals surface area contributed by atoms with Gasteiger partial charge in [0, 0.05) is 22.1 Å².